The average Bonchev–Trinajstić information content (AvgIpc) is 3.50. The van der Waals surface area contributed by atoms with Crippen LogP contribution in [-0.2, 0) is 20.7 Å². The highest BCUT2D eigenvalue weighted by atomic mass is 16.5. The van der Waals surface area contributed by atoms with Crippen LogP contribution in [0.4, 0.5) is 11.4 Å². The zero-order valence-electron chi connectivity index (χ0n) is 42.9. The van der Waals surface area contributed by atoms with Crippen LogP contribution in [0.1, 0.15) is 62.8 Å². The fourth-order valence-corrected chi connectivity index (χ4v) is 3.91. The van der Waals surface area contributed by atoms with Gasteiger partial charge in [-0.05, 0) is 61.3 Å². The number of anilines is 2. The van der Waals surface area contributed by atoms with E-state index in [1.807, 2.05) is 0 Å². The minimum absolute atomic E-state index is 0.00506. The molecule has 1 fully saturated rings. The Bertz CT molecular complexity index is 2400. The molecular weight excluding hydrogens is 516 g/mol. The zero-order valence-corrected chi connectivity index (χ0v) is 21.9. The minimum Gasteiger partial charge on any atom is -0.465 e. The van der Waals surface area contributed by atoms with Crippen molar-refractivity contribution in [3.8, 4) is 0 Å². The largest absolute Gasteiger partial charge is 0.465 e. The van der Waals surface area contributed by atoms with Crippen molar-refractivity contribution in [2.75, 3.05) is 57.3 Å². The molecule has 0 radical (unpaired) electrons. The summed E-state index contributed by atoms with van der Waals surface area (Å²) in [6.07, 6.45) is -0.966. The second-order valence-corrected chi connectivity index (χ2v) is 8.63. The van der Waals surface area contributed by atoms with E-state index in [1.54, 1.807) is 0 Å². The van der Waals surface area contributed by atoms with Crippen molar-refractivity contribution >= 4 is 40.3 Å². The maximum absolute atomic E-state index is 14.3. The molecule has 0 spiro atoms. The van der Waals surface area contributed by atoms with E-state index < -0.39 is 155 Å². The summed E-state index contributed by atoms with van der Waals surface area (Å²) >= 11 is 0. The number of nitrogens with zero attached hydrogens (tertiary/aromatic N) is 3. The molecule has 1 N–H and O–H groups in total. The number of rotatable bonds is 7. The molecule has 41 heavy (non-hydrogen) atoms. The molecule has 0 aliphatic carbocycles. The first-order chi connectivity index (χ1) is 28.1. The van der Waals surface area contributed by atoms with Crippen molar-refractivity contribution in [2.24, 2.45) is 0 Å². The number of carbonyl (C=O) groups is 3. The Hall–Kier alpha value is -4.27. The van der Waals surface area contributed by atoms with Crippen LogP contribution in [0.5, 0.6) is 0 Å². The highest BCUT2D eigenvalue weighted by Crippen LogP contribution is 2.39. The Kier molecular flexibility index (Phi) is 3.63. The maximum Gasteiger partial charge on any atom is 0.337 e. The van der Waals surface area contributed by atoms with Crippen LogP contribution >= 0.6 is 0 Å². The van der Waals surface area contributed by atoms with E-state index in [4.69, 9.17) is 33.5 Å². The summed E-state index contributed by atoms with van der Waals surface area (Å²) < 4.78 is 184. The number of amides is 2. The van der Waals surface area contributed by atoms with Crippen molar-refractivity contribution < 1.29 is 47.9 Å². The summed E-state index contributed by atoms with van der Waals surface area (Å²) in [5, 5.41) is 2.49. The number of methoxy groups -OCH3 is 1. The summed E-state index contributed by atoms with van der Waals surface area (Å²) in [6.45, 7) is -18.4. The molecule has 8 nitrogen and oxygen atoms in total. The highest BCUT2D eigenvalue weighted by Gasteiger charge is 2.29. The number of esters is 1. The van der Waals surface area contributed by atoms with Crippen LogP contribution in [0.3, 0.4) is 0 Å². The molecule has 0 saturated carbocycles. The molecule has 1 atom stereocenters. The molecule has 3 aromatic rings. The molecule has 0 bridgehead atoms. The van der Waals surface area contributed by atoms with Gasteiger partial charge in [0.05, 0.1) is 39.8 Å². The first-order valence-electron chi connectivity index (χ1n) is 22.4. The summed E-state index contributed by atoms with van der Waals surface area (Å²) in [4.78, 5) is 39.5. The summed E-state index contributed by atoms with van der Waals surface area (Å²) in [5.74, 6) is -4.18. The molecule has 2 amide bonds. The Balaban J connectivity index is 1.79. The van der Waals surface area contributed by atoms with E-state index in [0.29, 0.717) is 4.90 Å². The maximum atomic E-state index is 14.3. The predicted molar refractivity (Wildman–Crippen MR) is 162 cm³/mol. The van der Waals surface area contributed by atoms with Crippen molar-refractivity contribution in [3.05, 3.63) is 94.8 Å². The van der Waals surface area contributed by atoms with Crippen LogP contribution in [0.15, 0.2) is 72.6 Å². The third-order valence-corrected chi connectivity index (χ3v) is 6.05. The van der Waals surface area contributed by atoms with Gasteiger partial charge >= 0.3 is 5.97 Å². The highest BCUT2D eigenvalue weighted by molar-refractivity contribution is 6.37. The van der Waals surface area contributed by atoms with Crippen LogP contribution in [0.25, 0.3) is 11.1 Å². The van der Waals surface area contributed by atoms with Gasteiger partial charge in [-0.3, -0.25) is 14.5 Å². The molecule has 8 heteroatoms. The van der Waals surface area contributed by atoms with Gasteiger partial charge in [0, 0.05) is 63.1 Å². The van der Waals surface area contributed by atoms with Crippen LogP contribution in [0.2, 0.25) is 0 Å². The molecule has 0 aromatic heterocycles. The van der Waals surface area contributed by atoms with Gasteiger partial charge < -0.3 is 19.9 Å². The van der Waals surface area contributed by atoms with Crippen LogP contribution in [-0.4, -0.2) is 80.7 Å². The number of fused-ring (bicyclic) bond motifs is 1. The fourth-order valence-electron chi connectivity index (χ4n) is 3.91. The van der Waals surface area contributed by atoms with Gasteiger partial charge in [-0.15, -0.1) is 0 Å². The number of benzene rings is 3. The van der Waals surface area contributed by atoms with E-state index in [-0.39, 0.29) is 16.8 Å². The van der Waals surface area contributed by atoms with Crippen molar-refractivity contribution in [1.82, 2.24) is 9.80 Å². The lowest BCUT2D eigenvalue weighted by atomic mass is 9.90. The average molecular weight is 574 g/mol. The minimum atomic E-state index is -4.27. The van der Waals surface area contributed by atoms with E-state index in [9.17, 15) is 14.4 Å². The number of piperazine rings is 1. The summed E-state index contributed by atoms with van der Waals surface area (Å²) in [6, 6.07) is -8.52. The smallest absolute Gasteiger partial charge is 0.337 e. The van der Waals surface area contributed by atoms with Gasteiger partial charge in [0.1, 0.15) is 0 Å². The number of hydrogen-bond acceptors (Lipinski definition) is 6. The van der Waals surface area contributed by atoms with Gasteiger partial charge in [-0.2, -0.15) is 0 Å². The number of allylic oxidation sites excluding steroid dienone is 1. The molecule has 2 heterocycles. The van der Waals surface area contributed by atoms with E-state index in [0.717, 1.165) is 21.1 Å². The molecule has 2 aliphatic heterocycles. The third kappa shape index (κ3) is 6.09. The Morgan fingerprint density at radius 3 is 2.63 bits per heavy atom. The molecule has 2 aliphatic rings. The van der Waals surface area contributed by atoms with Crippen molar-refractivity contribution in [1.29, 1.82) is 0 Å². The zero-order chi connectivity index (χ0) is 47.5. The lowest BCUT2D eigenvalue weighted by Crippen LogP contribution is -2.52. The second kappa shape index (κ2) is 12.1. The molecule has 1 saturated heterocycles. The van der Waals surface area contributed by atoms with Crippen LogP contribution in [0, 0.1) is 0 Å². The molecule has 5 rings (SSSR count). The molecule has 1 unspecified atom stereocenters. The first kappa shape index (κ1) is 12.3. The topological polar surface area (TPSA) is 82.2 Å². The van der Waals surface area contributed by atoms with Crippen molar-refractivity contribution in [3.63, 3.8) is 0 Å². The van der Waals surface area contributed by atoms with Crippen molar-refractivity contribution in [2.45, 2.75) is 19.4 Å². The SMILES string of the molecule is [2H]c1c([2H])c([2H])c(/C(Cc2c([2H])c([2H])c(N(C(=O)C([2H])([2H])N3C([2H])([2H])C([2H])([2H])N(C)C([2H])(C)C3([2H])[2H])C([2H])([2H])[2H])c([2H])c2[2H])=C2/C(=O)Nc3cc(C(=O)OC)ccc32)c([2H])c1[2H]. The molecule has 3 aromatic carbocycles. The number of hydrogen-bond donors (Lipinski definition) is 1. The van der Waals surface area contributed by atoms with Gasteiger partial charge in [-0.25, -0.2) is 4.79 Å². The van der Waals surface area contributed by atoms with E-state index in [2.05, 4.69) is 5.32 Å². The van der Waals surface area contributed by atoms with E-state index >= 15 is 0 Å². The lowest BCUT2D eigenvalue weighted by molar-refractivity contribution is -0.120. The second-order valence-electron chi connectivity index (χ2n) is 8.63. The fraction of sp³-hybridized carbons (Fsp3) is 0.303. The Labute approximate surface area is 270 Å². The number of ether oxygens (including phenoxy) is 1. The quantitative estimate of drug-likeness (QED) is 0.338. The van der Waals surface area contributed by atoms with Crippen LogP contribution < -0.4 is 10.2 Å². The third-order valence-electron chi connectivity index (χ3n) is 6.05. The lowest BCUT2D eigenvalue weighted by Gasteiger charge is -2.37. The molecular formula is C33H36N4O4. The first-order valence-corrected chi connectivity index (χ1v) is 11.9. The Morgan fingerprint density at radius 2 is 1.93 bits per heavy atom. The monoisotopic (exact) mass is 573 g/mol. The Morgan fingerprint density at radius 1 is 1.17 bits per heavy atom. The summed E-state index contributed by atoms with van der Waals surface area (Å²) in [5.41, 5.74) is -3.70. The van der Waals surface area contributed by atoms with Gasteiger partial charge in [-0.1, -0.05) is 48.4 Å². The summed E-state index contributed by atoms with van der Waals surface area (Å²) in [7, 11) is 1.93. The normalized spacial score (nSPS) is 32.0. The molecule has 212 valence electrons. The van der Waals surface area contributed by atoms with Gasteiger partial charge in [0.25, 0.3) is 5.91 Å². The number of likely N-dealkylation sites (N-methyl/N-ethyl adjacent to an activating group) is 2. The standard InChI is InChI=1S/C33H36N4O4/c1-22-20-37(17-16-35(22)2)21-30(38)36(3)26-13-10-23(11-14-26)18-28(24-8-6-5-7-9-24)31-27-15-12-25(33(40)41-4)19-29(27)34-32(31)39/h5-15,19,22H,16-18,20-21H2,1-4H3,(H,34,39)/b31-28+/i3D3,5D,6D,7D,8D,9D,10D,11D,13D,14D,16D2,17D2,20D2,21D2,22D. The van der Waals surface area contributed by atoms with Gasteiger partial charge in [0.2, 0.25) is 5.91 Å². The van der Waals surface area contributed by atoms with Gasteiger partial charge in [0.15, 0.2) is 0 Å². The predicted octanol–water partition coefficient (Wildman–Crippen LogP) is 4.18. The van der Waals surface area contributed by atoms with E-state index in [1.165, 1.54) is 18.2 Å². The number of nitrogens with one attached hydrogen (secondary N) is 1. The number of carbonyl (C=O) groups excluding carboxylic acids is 3.